The van der Waals surface area contributed by atoms with Gasteiger partial charge >= 0.3 is 0 Å². The van der Waals surface area contributed by atoms with E-state index in [-0.39, 0.29) is 10.8 Å². The van der Waals surface area contributed by atoms with E-state index in [4.69, 9.17) is 5.14 Å². The Kier molecular flexibility index (Phi) is 4.24. The van der Waals surface area contributed by atoms with Crippen molar-refractivity contribution in [3.05, 3.63) is 23.8 Å². The lowest BCUT2D eigenvalue weighted by atomic mass is 10.2. The number of primary sulfonamides is 1. The summed E-state index contributed by atoms with van der Waals surface area (Å²) >= 11 is 0. The van der Waals surface area contributed by atoms with Gasteiger partial charge in [-0.25, -0.2) is 13.6 Å². The van der Waals surface area contributed by atoms with Crippen LogP contribution in [-0.2, 0) is 21.2 Å². The summed E-state index contributed by atoms with van der Waals surface area (Å²) in [7, 11) is -3.69. The average molecular weight is 363 g/mol. The summed E-state index contributed by atoms with van der Waals surface area (Å²) in [5, 5.41) is 5.21. The number of anilines is 1. The molecule has 0 saturated heterocycles. The molecule has 2 fully saturated rings. The van der Waals surface area contributed by atoms with E-state index in [1.165, 1.54) is 18.9 Å². The van der Waals surface area contributed by atoms with Gasteiger partial charge < -0.3 is 9.80 Å². The first-order valence-electron chi connectivity index (χ1n) is 9.15. The van der Waals surface area contributed by atoms with Crippen LogP contribution in [0.5, 0.6) is 0 Å². The molecular weight excluding hydrogens is 338 g/mol. The van der Waals surface area contributed by atoms with Gasteiger partial charge in [0.1, 0.15) is 0 Å². The molecule has 0 atom stereocenters. The highest BCUT2D eigenvalue weighted by Crippen LogP contribution is 2.35. The Balaban J connectivity index is 1.50. The minimum absolute atomic E-state index is 0.144. The van der Waals surface area contributed by atoms with E-state index in [2.05, 4.69) is 9.80 Å². The summed E-state index contributed by atoms with van der Waals surface area (Å²) in [5.74, 6) is 0.220. The summed E-state index contributed by atoms with van der Waals surface area (Å²) in [6.45, 7) is 1.13. The van der Waals surface area contributed by atoms with Crippen LogP contribution in [0.2, 0.25) is 0 Å². The van der Waals surface area contributed by atoms with Gasteiger partial charge in [0, 0.05) is 24.3 Å². The van der Waals surface area contributed by atoms with Crippen molar-refractivity contribution in [1.29, 1.82) is 0 Å². The van der Waals surface area contributed by atoms with Crippen molar-refractivity contribution in [3.8, 4) is 0 Å². The first kappa shape index (κ1) is 16.8. The van der Waals surface area contributed by atoms with Crippen molar-refractivity contribution < 1.29 is 13.2 Å². The summed E-state index contributed by atoms with van der Waals surface area (Å²) < 4.78 is 23.0. The van der Waals surface area contributed by atoms with E-state index in [0.29, 0.717) is 18.6 Å². The predicted octanol–water partition coefficient (Wildman–Crippen LogP) is 1.63. The zero-order chi connectivity index (χ0) is 17.6. The van der Waals surface area contributed by atoms with Crippen LogP contribution in [0.4, 0.5) is 5.69 Å². The van der Waals surface area contributed by atoms with Gasteiger partial charge in [0.05, 0.1) is 11.4 Å². The van der Waals surface area contributed by atoms with Crippen LogP contribution in [0.1, 0.15) is 44.1 Å². The standard InChI is InChI=1S/C18H25N3O3S/c19-25(23,24)16-7-8-17-13(11-16)9-10-20(17)12-18(22)21(15-5-6-15)14-3-1-2-4-14/h7-8,11,14-15H,1-6,9-10,12H2,(H2,19,23,24). The van der Waals surface area contributed by atoms with Gasteiger partial charge in [-0.15, -0.1) is 0 Å². The van der Waals surface area contributed by atoms with Crippen LogP contribution in [0.3, 0.4) is 0 Å². The molecule has 0 bridgehead atoms. The van der Waals surface area contributed by atoms with E-state index in [1.807, 2.05) is 0 Å². The lowest BCUT2D eigenvalue weighted by molar-refractivity contribution is -0.132. The fourth-order valence-electron chi connectivity index (χ4n) is 4.27. The minimum Gasteiger partial charge on any atom is -0.362 e. The topological polar surface area (TPSA) is 83.7 Å². The van der Waals surface area contributed by atoms with Crippen LogP contribution < -0.4 is 10.0 Å². The van der Waals surface area contributed by atoms with E-state index in [1.54, 1.807) is 12.1 Å². The number of nitrogens with two attached hydrogens (primary N) is 1. The largest absolute Gasteiger partial charge is 0.362 e. The molecule has 0 aromatic heterocycles. The van der Waals surface area contributed by atoms with Crippen molar-refractivity contribution in [3.63, 3.8) is 0 Å². The van der Waals surface area contributed by atoms with Crippen LogP contribution in [0.25, 0.3) is 0 Å². The second-order valence-corrected chi connectivity index (χ2v) is 9.04. The fourth-order valence-corrected chi connectivity index (χ4v) is 4.84. The molecular formula is C18H25N3O3S. The van der Waals surface area contributed by atoms with Gasteiger partial charge in [-0.3, -0.25) is 4.79 Å². The van der Waals surface area contributed by atoms with Gasteiger partial charge in [-0.05, 0) is 55.9 Å². The molecule has 1 aromatic carbocycles. The maximum Gasteiger partial charge on any atom is 0.242 e. The van der Waals surface area contributed by atoms with Crippen molar-refractivity contribution in [1.82, 2.24) is 4.90 Å². The Morgan fingerprint density at radius 1 is 1.16 bits per heavy atom. The lowest BCUT2D eigenvalue weighted by Gasteiger charge is -2.31. The zero-order valence-electron chi connectivity index (χ0n) is 14.4. The van der Waals surface area contributed by atoms with Gasteiger partial charge in [-0.2, -0.15) is 0 Å². The molecule has 2 saturated carbocycles. The number of sulfonamides is 1. The number of carbonyl (C=O) groups is 1. The first-order valence-corrected chi connectivity index (χ1v) is 10.7. The second-order valence-electron chi connectivity index (χ2n) is 7.48. The number of nitrogens with zero attached hydrogens (tertiary/aromatic N) is 2. The average Bonchev–Trinajstić information content (AvgIpc) is 3.08. The molecule has 0 radical (unpaired) electrons. The number of amides is 1. The highest BCUT2D eigenvalue weighted by Gasteiger charge is 2.39. The Labute approximate surface area is 149 Å². The molecule has 25 heavy (non-hydrogen) atoms. The number of hydrogen-bond donors (Lipinski definition) is 1. The van der Waals surface area contributed by atoms with E-state index >= 15 is 0 Å². The Morgan fingerprint density at radius 2 is 1.84 bits per heavy atom. The smallest absolute Gasteiger partial charge is 0.242 e. The third-order valence-corrected chi connectivity index (χ3v) is 6.55. The summed E-state index contributed by atoms with van der Waals surface area (Å²) in [5.41, 5.74) is 1.92. The third-order valence-electron chi connectivity index (χ3n) is 5.64. The van der Waals surface area contributed by atoms with Gasteiger partial charge in [-0.1, -0.05) is 12.8 Å². The molecule has 1 heterocycles. The number of hydrogen-bond acceptors (Lipinski definition) is 4. The van der Waals surface area contributed by atoms with Gasteiger partial charge in [0.15, 0.2) is 0 Å². The lowest BCUT2D eigenvalue weighted by Crippen LogP contribution is -2.45. The second kappa shape index (κ2) is 6.29. The molecule has 2 aliphatic carbocycles. The van der Waals surface area contributed by atoms with Crippen molar-refractivity contribution in [2.24, 2.45) is 5.14 Å². The predicted molar refractivity (Wildman–Crippen MR) is 95.9 cm³/mol. The molecule has 7 heteroatoms. The minimum atomic E-state index is -3.69. The van der Waals surface area contributed by atoms with Crippen LogP contribution >= 0.6 is 0 Å². The Bertz CT molecular complexity index is 783. The number of fused-ring (bicyclic) bond motifs is 1. The number of carbonyl (C=O) groups excluding carboxylic acids is 1. The Morgan fingerprint density at radius 3 is 2.48 bits per heavy atom. The quantitative estimate of drug-likeness (QED) is 0.862. The van der Waals surface area contributed by atoms with Crippen LogP contribution in [0.15, 0.2) is 23.1 Å². The maximum absolute atomic E-state index is 13.0. The molecule has 4 rings (SSSR count). The van der Waals surface area contributed by atoms with Crippen molar-refractivity contribution in [2.45, 2.75) is 61.9 Å². The molecule has 1 aliphatic heterocycles. The highest BCUT2D eigenvalue weighted by atomic mass is 32.2. The fraction of sp³-hybridized carbons (Fsp3) is 0.611. The summed E-state index contributed by atoms with van der Waals surface area (Å²) in [6.07, 6.45) is 7.74. The molecule has 1 amide bonds. The molecule has 0 spiro atoms. The third kappa shape index (κ3) is 3.40. The molecule has 3 aliphatic rings. The molecule has 2 N–H and O–H groups in total. The number of rotatable bonds is 5. The first-order chi connectivity index (χ1) is 11.9. The molecule has 136 valence electrons. The highest BCUT2D eigenvalue weighted by molar-refractivity contribution is 7.89. The van der Waals surface area contributed by atoms with Gasteiger partial charge in [0.25, 0.3) is 0 Å². The van der Waals surface area contributed by atoms with E-state index < -0.39 is 10.0 Å². The maximum atomic E-state index is 13.0. The molecule has 6 nitrogen and oxygen atoms in total. The van der Waals surface area contributed by atoms with E-state index in [9.17, 15) is 13.2 Å². The molecule has 0 unspecified atom stereocenters. The molecule has 1 aromatic rings. The van der Waals surface area contributed by atoms with Crippen LogP contribution in [0, 0.1) is 0 Å². The van der Waals surface area contributed by atoms with Crippen LogP contribution in [-0.4, -0.2) is 44.4 Å². The summed E-state index contributed by atoms with van der Waals surface area (Å²) in [4.78, 5) is 17.4. The SMILES string of the molecule is NS(=O)(=O)c1ccc2c(c1)CCN2CC(=O)N(C1CCCC1)C1CC1. The normalized spacial score (nSPS) is 20.8. The van der Waals surface area contributed by atoms with Crippen molar-refractivity contribution in [2.75, 3.05) is 18.0 Å². The summed E-state index contributed by atoms with van der Waals surface area (Å²) in [6, 6.07) is 5.83. The monoisotopic (exact) mass is 363 g/mol. The zero-order valence-corrected chi connectivity index (χ0v) is 15.2. The Hall–Kier alpha value is -1.60. The van der Waals surface area contributed by atoms with E-state index in [0.717, 1.165) is 49.9 Å². The number of benzene rings is 1. The van der Waals surface area contributed by atoms with Gasteiger partial charge in [0.2, 0.25) is 15.9 Å². The van der Waals surface area contributed by atoms with Crippen molar-refractivity contribution >= 4 is 21.6 Å².